The van der Waals surface area contributed by atoms with Crippen molar-refractivity contribution < 1.29 is 19.4 Å². The number of carbonyl (C=O) groups is 2. The molecule has 1 aliphatic rings. The van der Waals surface area contributed by atoms with Crippen LogP contribution in [-0.4, -0.2) is 26.2 Å². The number of ether oxygens (including phenoxy) is 1. The Labute approximate surface area is 195 Å². The second kappa shape index (κ2) is 8.19. The molecule has 3 aromatic carbocycles. The normalized spacial score (nSPS) is 16.1. The van der Waals surface area contributed by atoms with Gasteiger partial charge in [-0.05, 0) is 48.9 Å². The summed E-state index contributed by atoms with van der Waals surface area (Å²) in [5.41, 5.74) is 2.13. The van der Waals surface area contributed by atoms with Crippen molar-refractivity contribution in [2.45, 2.75) is 12.8 Å². The van der Waals surface area contributed by atoms with Crippen LogP contribution in [0.4, 0.5) is 0 Å². The number of Topliss-reactive ketones (excluding diaryl/α,β-unsaturated/α-hetero) is 1. The first-order valence-corrected chi connectivity index (χ1v) is 10.9. The lowest BCUT2D eigenvalue weighted by atomic mass is 9.76. The molecule has 34 heavy (non-hydrogen) atoms. The number of aromatic nitrogens is 2. The van der Waals surface area contributed by atoms with Gasteiger partial charge in [-0.15, -0.1) is 0 Å². The van der Waals surface area contributed by atoms with Crippen LogP contribution in [0.5, 0.6) is 11.5 Å². The van der Waals surface area contributed by atoms with Gasteiger partial charge < -0.3 is 9.84 Å². The summed E-state index contributed by atoms with van der Waals surface area (Å²) in [7, 11) is 1.76. The summed E-state index contributed by atoms with van der Waals surface area (Å²) < 4.78 is 8.77. The molecule has 2 heterocycles. The van der Waals surface area contributed by atoms with E-state index in [1.807, 2.05) is 30.3 Å². The molecule has 5 rings (SSSR count). The summed E-state index contributed by atoms with van der Waals surface area (Å²) in [6.07, 6.45) is 0. The van der Waals surface area contributed by atoms with Gasteiger partial charge in [0.2, 0.25) is 0 Å². The van der Waals surface area contributed by atoms with Crippen molar-refractivity contribution in [3.63, 3.8) is 0 Å². The summed E-state index contributed by atoms with van der Waals surface area (Å²) >= 11 is 0. The predicted octanol–water partition coefficient (Wildman–Crippen LogP) is 3.74. The lowest BCUT2D eigenvalue weighted by Crippen LogP contribution is -2.39. The van der Waals surface area contributed by atoms with Gasteiger partial charge in [-0.1, -0.05) is 42.5 Å². The van der Waals surface area contributed by atoms with E-state index >= 15 is 0 Å². The van der Waals surface area contributed by atoms with Crippen molar-refractivity contribution in [1.82, 2.24) is 9.36 Å². The number of phenols is 1. The Bertz CT molecular complexity index is 1470. The van der Waals surface area contributed by atoms with Gasteiger partial charge >= 0.3 is 5.97 Å². The van der Waals surface area contributed by atoms with Crippen molar-refractivity contribution >= 4 is 11.8 Å². The maximum Gasteiger partial charge on any atom is 0.323 e. The minimum Gasteiger partial charge on any atom is -0.508 e. The zero-order valence-corrected chi connectivity index (χ0v) is 18.6. The van der Waals surface area contributed by atoms with Crippen LogP contribution in [0.2, 0.25) is 0 Å². The molecule has 1 aromatic heterocycles. The van der Waals surface area contributed by atoms with Crippen LogP contribution in [0.15, 0.2) is 83.7 Å². The van der Waals surface area contributed by atoms with Gasteiger partial charge in [0.1, 0.15) is 17.4 Å². The largest absolute Gasteiger partial charge is 0.508 e. The van der Waals surface area contributed by atoms with Gasteiger partial charge in [-0.3, -0.25) is 19.1 Å². The fourth-order valence-electron chi connectivity index (χ4n) is 4.65. The van der Waals surface area contributed by atoms with Crippen molar-refractivity contribution in [2.75, 3.05) is 0 Å². The number of esters is 1. The zero-order valence-electron chi connectivity index (χ0n) is 18.6. The Hall–Kier alpha value is -4.39. The fourth-order valence-corrected chi connectivity index (χ4v) is 4.65. The number of aromatic hydroxyl groups is 1. The monoisotopic (exact) mass is 454 g/mol. The van der Waals surface area contributed by atoms with Crippen LogP contribution < -0.4 is 10.3 Å². The van der Waals surface area contributed by atoms with Gasteiger partial charge in [0.25, 0.3) is 5.56 Å². The van der Waals surface area contributed by atoms with E-state index in [1.165, 1.54) is 16.8 Å². The molecule has 0 aliphatic carbocycles. The SMILES string of the molecule is Cc1c(C(c2ccc(O)cc2)C2C(=O)Oc3ccccc3C2=O)c(=O)n(-c2ccccc2)n1C. The van der Waals surface area contributed by atoms with Crippen LogP contribution in [-0.2, 0) is 11.8 Å². The number of nitrogens with zero attached hydrogens (tertiary/aromatic N) is 2. The third-order valence-corrected chi connectivity index (χ3v) is 6.39. The van der Waals surface area contributed by atoms with Crippen molar-refractivity contribution in [2.24, 2.45) is 13.0 Å². The van der Waals surface area contributed by atoms with E-state index < -0.39 is 23.6 Å². The highest BCUT2D eigenvalue weighted by Crippen LogP contribution is 2.40. The molecule has 0 amide bonds. The Balaban J connectivity index is 1.75. The minimum atomic E-state index is -1.25. The first kappa shape index (κ1) is 21.5. The van der Waals surface area contributed by atoms with Gasteiger partial charge in [-0.2, -0.15) is 0 Å². The number of para-hydroxylation sites is 2. The number of hydrogen-bond donors (Lipinski definition) is 1. The number of ketones is 1. The molecule has 0 bridgehead atoms. The van der Waals surface area contributed by atoms with E-state index in [1.54, 1.807) is 55.1 Å². The molecule has 2 unspecified atom stereocenters. The van der Waals surface area contributed by atoms with Gasteiger partial charge in [0, 0.05) is 24.2 Å². The standard InChI is InChI=1S/C27H22N2O5/c1-16-22(26(32)29(28(16)2)18-8-4-3-5-9-18)23(17-12-14-19(30)15-13-17)24-25(31)20-10-6-7-11-21(20)34-27(24)33/h3-15,23-24,30H,1-2H3. The average Bonchev–Trinajstić information content (AvgIpc) is 3.06. The number of rotatable bonds is 4. The van der Waals surface area contributed by atoms with E-state index in [4.69, 9.17) is 4.74 Å². The fraction of sp³-hybridized carbons (Fsp3) is 0.148. The van der Waals surface area contributed by atoms with Crippen molar-refractivity contribution in [3.8, 4) is 17.2 Å². The predicted molar refractivity (Wildman–Crippen MR) is 126 cm³/mol. The van der Waals surface area contributed by atoms with E-state index in [9.17, 15) is 19.5 Å². The summed E-state index contributed by atoms with van der Waals surface area (Å²) in [5, 5.41) is 9.83. The van der Waals surface area contributed by atoms with Crippen LogP contribution in [0, 0.1) is 12.8 Å². The third-order valence-electron chi connectivity index (χ3n) is 6.39. The van der Waals surface area contributed by atoms with E-state index in [2.05, 4.69) is 0 Å². The van der Waals surface area contributed by atoms with Crippen LogP contribution >= 0.6 is 0 Å². The Morgan fingerprint density at radius 2 is 1.53 bits per heavy atom. The number of benzene rings is 3. The lowest BCUT2D eigenvalue weighted by Gasteiger charge is -2.28. The molecule has 0 saturated heterocycles. The van der Waals surface area contributed by atoms with Gasteiger partial charge in [0.05, 0.1) is 11.3 Å². The number of carbonyl (C=O) groups excluding carboxylic acids is 2. The van der Waals surface area contributed by atoms with E-state index in [-0.39, 0.29) is 17.1 Å². The highest BCUT2D eigenvalue weighted by atomic mass is 16.5. The second-order valence-corrected chi connectivity index (χ2v) is 8.30. The number of fused-ring (bicyclic) bond motifs is 1. The van der Waals surface area contributed by atoms with Crippen LogP contribution in [0.1, 0.15) is 33.1 Å². The summed E-state index contributed by atoms with van der Waals surface area (Å²) in [5.74, 6) is -3.02. The Morgan fingerprint density at radius 1 is 0.882 bits per heavy atom. The molecular weight excluding hydrogens is 432 g/mol. The molecule has 7 heteroatoms. The smallest absolute Gasteiger partial charge is 0.323 e. The molecule has 0 saturated carbocycles. The zero-order chi connectivity index (χ0) is 24.0. The number of hydrogen-bond acceptors (Lipinski definition) is 5. The molecule has 0 spiro atoms. The highest BCUT2D eigenvalue weighted by molar-refractivity contribution is 6.14. The van der Waals surface area contributed by atoms with Gasteiger partial charge in [0.15, 0.2) is 5.78 Å². The first-order valence-electron chi connectivity index (χ1n) is 10.9. The molecule has 1 aliphatic heterocycles. The number of phenolic OH excluding ortho intramolecular Hbond substituents is 1. The molecule has 4 aromatic rings. The summed E-state index contributed by atoms with van der Waals surface area (Å²) in [4.78, 5) is 40.6. The van der Waals surface area contributed by atoms with E-state index in [0.29, 0.717) is 28.1 Å². The Kier molecular flexibility index (Phi) is 5.17. The highest BCUT2D eigenvalue weighted by Gasteiger charge is 2.45. The molecule has 7 nitrogen and oxygen atoms in total. The van der Waals surface area contributed by atoms with E-state index in [0.717, 1.165) is 0 Å². The lowest BCUT2D eigenvalue weighted by molar-refractivity contribution is -0.138. The summed E-state index contributed by atoms with van der Waals surface area (Å²) in [6, 6.07) is 21.9. The molecule has 1 N–H and O–H groups in total. The average molecular weight is 454 g/mol. The van der Waals surface area contributed by atoms with Crippen LogP contribution in [0.25, 0.3) is 5.69 Å². The van der Waals surface area contributed by atoms with Crippen molar-refractivity contribution in [3.05, 3.63) is 112 Å². The van der Waals surface area contributed by atoms with Gasteiger partial charge in [-0.25, -0.2) is 4.68 Å². The maximum absolute atomic E-state index is 13.8. The topological polar surface area (TPSA) is 90.5 Å². The third kappa shape index (κ3) is 3.33. The molecule has 0 radical (unpaired) electrons. The van der Waals surface area contributed by atoms with Crippen LogP contribution in [0.3, 0.4) is 0 Å². The second-order valence-electron chi connectivity index (χ2n) is 8.30. The molecular formula is C27H22N2O5. The minimum absolute atomic E-state index is 0.0388. The van der Waals surface area contributed by atoms with Crippen molar-refractivity contribution in [1.29, 1.82) is 0 Å². The molecule has 170 valence electrons. The molecule has 0 fully saturated rings. The molecule has 2 atom stereocenters. The Morgan fingerprint density at radius 3 is 2.24 bits per heavy atom. The summed E-state index contributed by atoms with van der Waals surface area (Å²) in [6.45, 7) is 1.79. The first-order chi connectivity index (χ1) is 16.4. The maximum atomic E-state index is 13.8. The quantitative estimate of drug-likeness (QED) is 0.288.